The van der Waals surface area contributed by atoms with Crippen molar-refractivity contribution in [3.8, 4) is 0 Å². The molecule has 1 amide bonds. The summed E-state index contributed by atoms with van der Waals surface area (Å²) in [6.07, 6.45) is -4.38. The Morgan fingerprint density at radius 1 is 1.32 bits per heavy atom. The fourth-order valence-corrected chi connectivity index (χ4v) is 2.00. The number of esters is 1. The van der Waals surface area contributed by atoms with Crippen LogP contribution in [0.25, 0.3) is 0 Å². The third-order valence-corrected chi connectivity index (χ3v) is 3.33. The van der Waals surface area contributed by atoms with Gasteiger partial charge in [0.1, 0.15) is 0 Å². The lowest BCUT2D eigenvalue weighted by Crippen LogP contribution is -2.33. The van der Waals surface area contributed by atoms with Crippen molar-refractivity contribution in [2.24, 2.45) is 5.73 Å². The number of benzene rings is 1. The molecular weight excluding hydrogens is 345 g/mol. The zero-order chi connectivity index (χ0) is 19.2. The molecule has 0 aliphatic carbocycles. The lowest BCUT2D eigenvalue weighted by Gasteiger charge is -2.16. The Kier molecular flexibility index (Phi) is 6.92. The molecular formula is C15H17F3N2O5. The van der Waals surface area contributed by atoms with Gasteiger partial charge in [0.25, 0.3) is 0 Å². The molecule has 0 spiro atoms. The van der Waals surface area contributed by atoms with Gasteiger partial charge in [-0.1, -0.05) is 12.1 Å². The number of carbonyl (C=O) groups excluding carboxylic acids is 2. The molecule has 25 heavy (non-hydrogen) atoms. The van der Waals surface area contributed by atoms with Crippen LogP contribution < -0.4 is 5.73 Å². The Bertz CT molecular complexity index is 631. The molecule has 0 radical (unpaired) electrons. The van der Waals surface area contributed by atoms with Gasteiger partial charge in [0.15, 0.2) is 0 Å². The number of amides is 1. The average Bonchev–Trinajstić information content (AvgIpc) is 2.86. The Morgan fingerprint density at radius 2 is 1.84 bits per heavy atom. The first-order valence-electron chi connectivity index (χ1n) is 7.08. The second kappa shape index (κ2) is 8.47. The molecule has 138 valence electrons. The number of nitrogens with zero attached hydrogens (tertiary/aromatic N) is 1. The molecule has 0 saturated carbocycles. The summed E-state index contributed by atoms with van der Waals surface area (Å²) in [7, 11) is 1.35. The number of methoxy groups -OCH3 is 1. The van der Waals surface area contributed by atoms with Gasteiger partial charge in [0.2, 0.25) is 5.91 Å². The number of likely N-dealkylation sites (tertiary alicyclic amines) is 1. The maximum atomic E-state index is 11.7. The van der Waals surface area contributed by atoms with Gasteiger partial charge in [-0.05, 0) is 24.1 Å². The van der Waals surface area contributed by atoms with E-state index in [1.807, 2.05) is 12.1 Å². The highest BCUT2D eigenvalue weighted by atomic mass is 19.4. The zero-order valence-electron chi connectivity index (χ0n) is 13.2. The Labute approximate surface area is 141 Å². The summed E-state index contributed by atoms with van der Waals surface area (Å²) in [4.78, 5) is 33.5. The van der Waals surface area contributed by atoms with E-state index >= 15 is 0 Å². The van der Waals surface area contributed by atoms with Crippen LogP contribution >= 0.6 is 0 Å². The van der Waals surface area contributed by atoms with E-state index in [1.54, 1.807) is 17.0 Å². The van der Waals surface area contributed by atoms with Crippen LogP contribution in [0.4, 0.5) is 13.2 Å². The first kappa shape index (κ1) is 20.4. The molecule has 0 unspecified atom stereocenters. The third-order valence-electron chi connectivity index (χ3n) is 3.33. The number of carboxylic acids is 1. The summed E-state index contributed by atoms with van der Waals surface area (Å²) in [6.45, 7) is 1.23. The van der Waals surface area contributed by atoms with Gasteiger partial charge in [-0.25, -0.2) is 9.59 Å². The highest BCUT2D eigenvalue weighted by Crippen LogP contribution is 2.15. The van der Waals surface area contributed by atoms with Crippen LogP contribution in [-0.2, 0) is 20.9 Å². The molecule has 1 aromatic carbocycles. The summed E-state index contributed by atoms with van der Waals surface area (Å²) in [5, 5.41) is 7.12. The Morgan fingerprint density at radius 3 is 2.20 bits per heavy atom. The van der Waals surface area contributed by atoms with Crippen molar-refractivity contribution < 1.29 is 37.4 Å². The normalized spacial score (nSPS) is 16.9. The number of rotatable bonds is 3. The zero-order valence-corrected chi connectivity index (χ0v) is 13.2. The fraction of sp³-hybridized carbons (Fsp3) is 0.400. The predicted molar refractivity (Wildman–Crippen MR) is 79.5 cm³/mol. The number of ether oxygens (including phenoxy) is 1. The molecule has 1 aromatic rings. The van der Waals surface area contributed by atoms with Gasteiger partial charge in [-0.2, -0.15) is 13.2 Å². The molecule has 1 fully saturated rings. The van der Waals surface area contributed by atoms with Gasteiger partial charge in [-0.15, -0.1) is 0 Å². The maximum absolute atomic E-state index is 11.7. The Hall–Kier alpha value is -2.62. The number of halogens is 3. The lowest BCUT2D eigenvalue weighted by molar-refractivity contribution is -0.192. The van der Waals surface area contributed by atoms with E-state index in [2.05, 4.69) is 4.74 Å². The van der Waals surface area contributed by atoms with Crippen LogP contribution in [0.3, 0.4) is 0 Å². The molecule has 1 atom stereocenters. The lowest BCUT2D eigenvalue weighted by atomic mass is 10.1. The van der Waals surface area contributed by atoms with Crippen molar-refractivity contribution in [1.82, 2.24) is 4.90 Å². The van der Waals surface area contributed by atoms with Crippen LogP contribution in [0.5, 0.6) is 0 Å². The number of aliphatic carboxylic acids is 1. The van der Waals surface area contributed by atoms with Crippen molar-refractivity contribution >= 4 is 17.8 Å². The predicted octanol–water partition coefficient (Wildman–Crippen LogP) is 1.17. The molecule has 0 aromatic heterocycles. The summed E-state index contributed by atoms with van der Waals surface area (Å²) in [5.74, 6) is -3.12. The summed E-state index contributed by atoms with van der Waals surface area (Å²) in [5.41, 5.74) is 7.13. The van der Waals surface area contributed by atoms with Crippen molar-refractivity contribution in [3.63, 3.8) is 0 Å². The molecule has 0 bridgehead atoms. The van der Waals surface area contributed by atoms with E-state index in [0.717, 1.165) is 5.56 Å². The van der Waals surface area contributed by atoms with Crippen molar-refractivity contribution in [2.75, 3.05) is 13.7 Å². The minimum atomic E-state index is -5.08. The molecule has 2 rings (SSSR count). The summed E-state index contributed by atoms with van der Waals surface area (Å²) >= 11 is 0. The molecule has 7 nitrogen and oxygen atoms in total. The number of carbonyl (C=O) groups is 3. The minimum absolute atomic E-state index is 0.00737. The number of hydrogen-bond acceptors (Lipinski definition) is 5. The fourth-order valence-electron chi connectivity index (χ4n) is 2.00. The van der Waals surface area contributed by atoms with Crippen molar-refractivity contribution in [3.05, 3.63) is 35.4 Å². The smallest absolute Gasteiger partial charge is 0.475 e. The first-order chi connectivity index (χ1) is 11.6. The van der Waals surface area contributed by atoms with Crippen LogP contribution in [-0.4, -0.2) is 53.7 Å². The molecule has 1 aliphatic rings. The van der Waals surface area contributed by atoms with E-state index in [0.29, 0.717) is 25.1 Å². The highest BCUT2D eigenvalue weighted by molar-refractivity contribution is 5.89. The Balaban J connectivity index is 0.000000381. The number of nitrogens with two attached hydrogens (primary N) is 1. The molecule has 1 heterocycles. The molecule has 1 aliphatic heterocycles. The summed E-state index contributed by atoms with van der Waals surface area (Å²) < 4.78 is 36.4. The standard InChI is InChI=1S/C13H16N2O3.C2HF3O2/c1-18-13(17)10-4-2-9(3-5-10)8-15-7-6-11(14)12(15)16;3-2(4,5)1(6)7/h2-5,11H,6-8,14H2,1H3;(H,6,7)/t11-;/m1./s1. The number of alkyl halides is 3. The third kappa shape index (κ3) is 6.07. The van der Waals surface area contributed by atoms with Gasteiger partial charge >= 0.3 is 18.1 Å². The quantitative estimate of drug-likeness (QED) is 0.781. The van der Waals surface area contributed by atoms with Crippen LogP contribution in [0.1, 0.15) is 22.3 Å². The second-order valence-corrected chi connectivity index (χ2v) is 5.15. The van der Waals surface area contributed by atoms with Crippen LogP contribution in [0.2, 0.25) is 0 Å². The largest absolute Gasteiger partial charge is 0.490 e. The topological polar surface area (TPSA) is 110 Å². The van der Waals surface area contributed by atoms with Gasteiger partial charge in [0.05, 0.1) is 18.7 Å². The van der Waals surface area contributed by atoms with Gasteiger partial charge in [0, 0.05) is 13.1 Å². The second-order valence-electron chi connectivity index (χ2n) is 5.15. The average molecular weight is 362 g/mol. The highest BCUT2D eigenvalue weighted by Gasteiger charge is 2.38. The monoisotopic (exact) mass is 362 g/mol. The van der Waals surface area contributed by atoms with E-state index < -0.39 is 12.1 Å². The molecule has 10 heteroatoms. The first-order valence-corrected chi connectivity index (χ1v) is 7.08. The number of hydrogen-bond donors (Lipinski definition) is 2. The van der Waals surface area contributed by atoms with E-state index in [9.17, 15) is 22.8 Å². The van der Waals surface area contributed by atoms with Crippen LogP contribution in [0.15, 0.2) is 24.3 Å². The SMILES string of the molecule is COC(=O)c1ccc(CN2CC[C@@H](N)C2=O)cc1.O=C(O)C(F)(F)F. The van der Waals surface area contributed by atoms with Gasteiger partial charge < -0.3 is 20.5 Å². The van der Waals surface area contributed by atoms with Gasteiger partial charge in [-0.3, -0.25) is 4.79 Å². The van der Waals surface area contributed by atoms with E-state index in [4.69, 9.17) is 15.6 Å². The van der Waals surface area contributed by atoms with E-state index in [1.165, 1.54) is 7.11 Å². The molecule has 3 N–H and O–H groups in total. The minimum Gasteiger partial charge on any atom is -0.475 e. The van der Waals surface area contributed by atoms with Crippen molar-refractivity contribution in [1.29, 1.82) is 0 Å². The maximum Gasteiger partial charge on any atom is 0.490 e. The molecule has 1 saturated heterocycles. The van der Waals surface area contributed by atoms with Crippen molar-refractivity contribution in [2.45, 2.75) is 25.2 Å². The van der Waals surface area contributed by atoms with E-state index in [-0.39, 0.29) is 17.9 Å². The number of carboxylic acid groups (broad SMARTS) is 1. The summed E-state index contributed by atoms with van der Waals surface area (Å²) in [6, 6.07) is 6.68. The van der Waals surface area contributed by atoms with Crippen LogP contribution in [0, 0.1) is 0 Å².